The van der Waals surface area contributed by atoms with Crippen molar-refractivity contribution in [2.24, 2.45) is 0 Å². The van der Waals surface area contributed by atoms with Crippen molar-refractivity contribution in [2.45, 2.75) is 12.5 Å². The van der Waals surface area contributed by atoms with Gasteiger partial charge in [0.25, 0.3) is 0 Å². The summed E-state index contributed by atoms with van der Waals surface area (Å²) in [4.78, 5) is 2.54. The van der Waals surface area contributed by atoms with Crippen LogP contribution >= 0.6 is 11.6 Å². The van der Waals surface area contributed by atoms with Crippen molar-refractivity contribution in [1.29, 1.82) is 0 Å². The maximum atomic E-state index is 6.20. The van der Waals surface area contributed by atoms with Crippen molar-refractivity contribution >= 4 is 17.3 Å². The summed E-state index contributed by atoms with van der Waals surface area (Å²) < 4.78 is 0. The van der Waals surface area contributed by atoms with Gasteiger partial charge >= 0.3 is 0 Å². The first-order chi connectivity index (χ1) is 9.83. The number of rotatable bonds is 0. The summed E-state index contributed by atoms with van der Waals surface area (Å²) in [6, 6.07) is 15.5. The van der Waals surface area contributed by atoms with E-state index in [1.54, 1.807) is 0 Å². The van der Waals surface area contributed by atoms with E-state index in [-0.39, 0.29) is 0 Å². The standard InChI is InChI=1S/C17H17ClN2/c18-14-5-6-16-13(10-14)9-12-3-1-2-4-15(12)17-11-19-7-8-20(16)17/h1-6,10,17,19H,7-9,11H2/t17-/m0/s1. The predicted molar refractivity (Wildman–Crippen MR) is 83.7 cm³/mol. The zero-order valence-corrected chi connectivity index (χ0v) is 12.0. The van der Waals surface area contributed by atoms with Gasteiger partial charge in [-0.2, -0.15) is 0 Å². The molecule has 0 unspecified atom stereocenters. The smallest absolute Gasteiger partial charge is 0.0670 e. The molecule has 3 heteroatoms. The summed E-state index contributed by atoms with van der Waals surface area (Å²) in [5.41, 5.74) is 5.56. The molecule has 20 heavy (non-hydrogen) atoms. The van der Waals surface area contributed by atoms with E-state index in [9.17, 15) is 0 Å². The van der Waals surface area contributed by atoms with Crippen LogP contribution in [0.15, 0.2) is 42.5 Å². The first kappa shape index (κ1) is 12.2. The number of nitrogens with one attached hydrogen (secondary N) is 1. The molecule has 2 aliphatic heterocycles. The molecule has 0 aromatic heterocycles. The van der Waals surface area contributed by atoms with E-state index in [2.05, 4.69) is 46.6 Å². The van der Waals surface area contributed by atoms with Gasteiger partial charge in [-0.25, -0.2) is 0 Å². The molecule has 102 valence electrons. The van der Waals surface area contributed by atoms with E-state index in [0.717, 1.165) is 31.1 Å². The lowest BCUT2D eigenvalue weighted by Crippen LogP contribution is -2.46. The third-order valence-corrected chi connectivity index (χ3v) is 4.62. The van der Waals surface area contributed by atoms with Gasteiger partial charge in [-0.3, -0.25) is 0 Å². The zero-order chi connectivity index (χ0) is 13.5. The second kappa shape index (κ2) is 4.80. The normalized spacial score (nSPS) is 20.6. The van der Waals surface area contributed by atoms with Gasteiger partial charge < -0.3 is 10.2 Å². The van der Waals surface area contributed by atoms with Gasteiger partial charge in [-0.05, 0) is 41.3 Å². The van der Waals surface area contributed by atoms with E-state index in [1.807, 2.05) is 6.07 Å². The van der Waals surface area contributed by atoms with E-state index >= 15 is 0 Å². The minimum Gasteiger partial charge on any atom is -0.362 e. The Bertz CT molecular complexity index is 653. The van der Waals surface area contributed by atoms with E-state index in [1.165, 1.54) is 22.4 Å². The van der Waals surface area contributed by atoms with Crippen molar-refractivity contribution in [2.75, 3.05) is 24.5 Å². The van der Waals surface area contributed by atoms with Gasteiger partial charge in [0.05, 0.1) is 6.04 Å². The van der Waals surface area contributed by atoms with Crippen LogP contribution in [0.4, 0.5) is 5.69 Å². The van der Waals surface area contributed by atoms with Gasteiger partial charge in [0.1, 0.15) is 0 Å². The summed E-state index contributed by atoms with van der Waals surface area (Å²) in [7, 11) is 0. The number of halogens is 1. The van der Waals surface area contributed by atoms with Crippen LogP contribution in [0.25, 0.3) is 0 Å². The second-order valence-corrected chi connectivity index (χ2v) is 6.00. The van der Waals surface area contributed by atoms with Crippen LogP contribution in [-0.2, 0) is 6.42 Å². The minimum absolute atomic E-state index is 0.433. The first-order valence-corrected chi connectivity index (χ1v) is 7.54. The van der Waals surface area contributed by atoms with Crippen molar-refractivity contribution in [3.63, 3.8) is 0 Å². The lowest BCUT2D eigenvalue weighted by molar-refractivity contribution is 0.490. The van der Waals surface area contributed by atoms with Crippen molar-refractivity contribution < 1.29 is 0 Å². The fraction of sp³-hybridized carbons (Fsp3) is 0.294. The Hall–Kier alpha value is -1.51. The third-order valence-electron chi connectivity index (χ3n) is 4.39. The van der Waals surface area contributed by atoms with Gasteiger partial charge in [0.15, 0.2) is 0 Å². The van der Waals surface area contributed by atoms with Crippen LogP contribution in [0, 0.1) is 0 Å². The predicted octanol–water partition coefficient (Wildman–Crippen LogP) is 3.40. The fourth-order valence-corrected chi connectivity index (χ4v) is 3.67. The number of fused-ring (bicyclic) bond motifs is 5. The molecular weight excluding hydrogens is 268 g/mol. The Morgan fingerprint density at radius 3 is 2.95 bits per heavy atom. The Morgan fingerprint density at radius 2 is 2.00 bits per heavy atom. The molecule has 2 aliphatic rings. The molecule has 2 nitrogen and oxygen atoms in total. The van der Waals surface area contributed by atoms with Crippen LogP contribution in [0.3, 0.4) is 0 Å². The largest absolute Gasteiger partial charge is 0.362 e. The van der Waals surface area contributed by atoms with E-state index in [4.69, 9.17) is 11.6 Å². The Morgan fingerprint density at radius 1 is 1.10 bits per heavy atom. The quantitative estimate of drug-likeness (QED) is 0.798. The third kappa shape index (κ3) is 1.91. The number of nitrogens with zero attached hydrogens (tertiary/aromatic N) is 1. The van der Waals surface area contributed by atoms with Crippen LogP contribution in [0.5, 0.6) is 0 Å². The maximum absolute atomic E-state index is 6.20. The molecule has 0 saturated carbocycles. The second-order valence-electron chi connectivity index (χ2n) is 5.56. The molecule has 0 bridgehead atoms. The first-order valence-electron chi connectivity index (χ1n) is 7.16. The Kier molecular flexibility index (Phi) is 2.94. The average molecular weight is 285 g/mol. The SMILES string of the molecule is Clc1ccc2c(c1)Cc1ccccc1[C@@H]1CNCCN21. The topological polar surface area (TPSA) is 15.3 Å². The molecule has 2 heterocycles. The van der Waals surface area contributed by atoms with Crippen LogP contribution in [-0.4, -0.2) is 19.6 Å². The van der Waals surface area contributed by atoms with E-state index in [0.29, 0.717) is 6.04 Å². The fourth-order valence-electron chi connectivity index (χ4n) is 3.47. The van der Waals surface area contributed by atoms with Crippen molar-refractivity contribution in [1.82, 2.24) is 5.32 Å². The molecule has 1 atom stereocenters. The molecule has 4 rings (SSSR count). The Balaban J connectivity index is 1.92. The molecule has 0 spiro atoms. The molecule has 0 aliphatic carbocycles. The van der Waals surface area contributed by atoms with Gasteiger partial charge in [0, 0.05) is 30.3 Å². The molecule has 1 saturated heterocycles. The monoisotopic (exact) mass is 284 g/mol. The molecule has 0 amide bonds. The van der Waals surface area contributed by atoms with Crippen LogP contribution in [0.2, 0.25) is 5.02 Å². The minimum atomic E-state index is 0.433. The van der Waals surface area contributed by atoms with Crippen molar-refractivity contribution in [3.05, 3.63) is 64.2 Å². The van der Waals surface area contributed by atoms with Gasteiger partial charge in [0.2, 0.25) is 0 Å². The highest BCUT2D eigenvalue weighted by molar-refractivity contribution is 6.30. The zero-order valence-electron chi connectivity index (χ0n) is 11.3. The highest BCUT2D eigenvalue weighted by Gasteiger charge is 2.30. The van der Waals surface area contributed by atoms with E-state index < -0.39 is 0 Å². The highest BCUT2D eigenvalue weighted by Crippen LogP contribution is 2.38. The highest BCUT2D eigenvalue weighted by atomic mass is 35.5. The van der Waals surface area contributed by atoms with Crippen molar-refractivity contribution in [3.8, 4) is 0 Å². The number of hydrogen-bond donors (Lipinski definition) is 1. The van der Waals surface area contributed by atoms with Gasteiger partial charge in [-0.1, -0.05) is 35.9 Å². The molecular formula is C17H17ClN2. The molecule has 1 fully saturated rings. The molecule has 1 N–H and O–H groups in total. The molecule has 2 aromatic rings. The number of hydrogen-bond acceptors (Lipinski definition) is 2. The average Bonchev–Trinajstić information content (AvgIpc) is 2.61. The Labute approximate surface area is 124 Å². The lowest BCUT2D eigenvalue weighted by Gasteiger charge is -2.38. The summed E-state index contributed by atoms with van der Waals surface area (Å²) >= 11 is 6.20. The summed E-state index contributed by atoms with van der Waals surface area (Å²) in [6.45, 7) is 3.10. The maximum Gasteiger partial charge on any atom is 0.0670 e. The van der Waals surface area contributed by atoms with Gasteiger partial charge in [-0.15, -0.1) is 0 Å². The number of anilines is 1. The summed E-state index contributed by atoms with van der Waals surface area (Å²) in [5.74, 6) is 0. The lowest BCUT2D eigenvalue weighted by atomic mass is 9.96. The van der Waals surface area contributed by atoms with Crippen LogP contribution in [0.1, 0.15) is 22.7 Å². The summed E-state index contributed by atoms with van der Waals surface area (Å²) in [5, 5.41) is 4.36. The number of benzene rings is 2. The molecule has 0 radical (unpaired) electrons. The summed E-state index contributed by atoms with van der Waals surface area (Å²) in [6.07, 6.45) is 0.971. The molecule has 2 aromatic carbocycles. The van der Waals surface area contributed by atoms with Crippen LogP contribution < -0.4 is 10.2 Å². The number of piperazine rings is 1.